The SMILES string of the molecule is Nc1ccc(Cc2ccncc2)cc1C=O. The van der Waals surface area contributed by atoms with E-state index in [0.717, 1.165) is 23.8 Å². The fourth-order valence-corrected chi connectivity index (χ4v) is 1.57. The van der Waals surface area contributed by atoms with E-state index in [1.54, 1.807) is 18.5 Å². The van der Waals surface area contributed by atoms with Crippen molar-refractivity contribution in [2.24, 2.45) is 0 Å². The molecule has 0 saturated carbocycles. The Morgan fingerprint density at radius 3 is 2.56 bits per heavy atom. The molecule has 0 atom stereocenters. The summed E-state index contributed by atoms with van der Waals surface area (Å²) in [5.74, 6) is 0. The smallest absolute Gasteiger partial charge is 0.152 e. The minimum absolute atomic E-state index is 0.522. The van der Waals surface area contributed by atoms with Crippen LogP contribution in [-0.2, 0) is 6.42 Å². The van der Waals surface area contributed by atoms with Gasteiger partial charge in [-0.05, 0) is 41.8 Å². The maximum absolute atomic E-state index is 10.7. The zero-order valence-electron chi connectivity index (χ0n) is 8.76. The Labute approximate surface area is 93.9 Å². The average Bonchev–Trinajstić information content (AvgIpc) is 2.33. The highest BCUT2D eigenvalue weighted by molar-refractivity contribution is 5.83. The van der Waals surface area contributed by atoms with Crippen molar-refractivity contribution in [2.75, 3.05) is 5.73 Å². The minimum atomic E-state index is 0.522. The van der Waals surface area contributed by atoms with Gasteiger partial charge in [0, 0.05) is 23.6 Å². The van der Waals surface area contributed by atoms with Gasteiger partial charge in [0.2, 0.25) is 0 Å². The number of carbonyl (C=O) groups is 1. The highest BCUT2D eigenvalue weighted by Gasteiger charge is 2.01. The van der Waals surface area contributed by atoms with Gasteiger partial charge in [0.1, 0.15) is 0 Å². The van der Waals surface area contributed by atoms with E-state index < -0.39 is 0 Å². The summed E-state index contributed by atoms with van der Waals surface area (Å²) in [6.45, 7) is 0. The van der Waals surface area contributed by atoms with Crippen molar-refractivity contribution in [1.82, 2.24) is 4.98 Å². The quantitative estimate of drug-likeness (QED) is 0.626. The van der Waals surface area contributed by atoms with E-state index in [1.165, 1.54) is 0 Å². The molecule has 2 rings (SSSR count). The molecule has 0 fully saturated rings. The molecule has 16 heavy (non-hydrogen) atoms. The second-order valence-corrected chi connectivity index (χ2v) is 3.61. The number of anilines is 1. The molecule has 0 amide bonds. The van der Waals surface area contributed by atoms with Crippen LogP contribution in [0, 0.1) is 0 Å². The second-order valence-electron chi connectivity index (χ2n) is 3.61. The van der Waals surface area contributed by atoms with Crippen LogP contribution < -0.4 is 5.73 Å². The molecule has 1 aromatic heterocycles. The lowest BCUT2D eigenvalue weighted by Crippen LogP contribution is -1.95. The summed E-state index contributed by atoms with van der Waals surface area (Å²) in [7, 11) is 0. The molecule has 80 valence electrons. The van der Waals surface area contributed by atoms with Crippen molar-refractivity contribution >= 4 is 12.0 Å². The van der Waals surface area contributed by atoms with Gasteiger partial charge >= 0.3 is 0 Å². The fraction of sp³-hybridized carbons (Fsp3) is 0.0769. The van der Waals surface area contributed by atoms with Gasteiger partial charge in [-0.15, -0.1) is 0 Å². The fourth-order valence-electron chi connectivity index (χ4n) is 1.57. The maximum atomic E-state index is 10.7. The van der Waals surface area contributed by atoms with Gasteiger partial charge in [0.05, 0.1) is 0 Å². The van der Waals surface area contributed by atoms with E-state index in [4.69, 9.17) is 5.73 Å². The Hall–Kier alpha value is -2.16. The standard InChI is InChI=1S/C13H12N2O/c14-13-2-1-11(8-12(13)9-16)7-10-3-5-15-6-4-10/h1-6,8-9H,7,14H2. The van der Waals surface area contributed by atoms with Crippen molar-refractivity contribution in [3.05, 3.63) is 59.4 Å². The Morgan fingerprint density at radius 2 is 1.88 bits per heavy atom. The molecule has 2 N–H and O–H groups in total. The van der Waals surface area contributed by atoms with E-state index in [9.17, 15) is 4.79 Å². The lowest BCUT2D eigenvalue weighted by atomic mass is 10.0. The molecule has 0 radical (unpaired) electrons. The first-order chi connectivity index (χ1) is 7.79. The number of hydrogen-bond acceptors (Lipinski definition) is 3. The molecule has 3 heteroatoms. The summed E-state index contributed by atoms with van der Waals surface area (Å²) in [6.07, 6.45) is 5.08. The molecule has 0 unspecified atom stereocenters. The lowest BCUT2D eigenvalue weighted by molar-refractivity contribution is 0.112. The van der Waals surface area contributed by atoms with Crippen LogP contribution in [0.3, 0.4) is 0 Å². The van der Waals surface area contributed by atoms with Crippen molar-refractivity contribution in [2.45, 2.75) is 6.42 Å². The summed E-state index contributed by atoms with van der Waals surface area (Å²) in [6, 6.07) is 9.43. The first-order valence-electron chi connectivity index (χ1n) is 5.02. The second kappa shape index (κ2) is 4.57. The Kier molecular flexibility index (Phi) is 2.96. The number of pyridine rings is 1. The zero-order valence-corrected chi connectivity index (χ0v) is 8.76. The molecule has 1 heterocycles. The van der Waals surface area contributed by atoms with Gasteiger partial charge in [0.15, 0.2) is 6.29 Å². The van der Waals surface area contributed by atoms with E-state index in [2.05, 4.69) is 4.98 Å². The van der Waals surface area contributed by atoms with E-state index in [1.807, 2.05) is 24.3 Å². The van der Waals surface area contributed by atoms with Crippen LogP contribution in [-0.4, -0.2) is 11.3 Å². The number of nitrogen functional groups attached to an aromatic ring is 1. The molecule has 0 spiro atoms. The summed E-state index contributed by atoms with van der Waals surface area (Å²) in [5, 5.41) is 0. The number of aldehydes is 1. The molecule has 1 aromatic carbocycles. The average molecular weight is 212 g/mol. The minimum Gasteiger partial charge on any atom is -0.398 e. The molecular weight excluding hydrogens is 200 g/mol. The zero-order chi connectivity index (χ0) is 11.4. The summed E-state index contributed by atoms with van der Waals surface area (Å²) >= 11 is 0. The van der Waals surface area contributed by atoms with Gasteiger partial charge in [0.25, 0.3) is 0 Å². The normalized spacial score (nSPS) is 10.0. The molecule has 0 bridgehead atoms. The van der Waals surface area contributed by atoms with Gasteiger partial charge in [-0.3, -0.25) is 9.78 Å². The summed E-state index contributed by atoms with van der Waals surface area (Å²) < 4.78 is 0. The Bertz CT molecular complexity index is 495. The third-order valence-corrected chi connectivity index (χ3v) is 2.44. The number of carbonyl (C=O) groups excluding carboxylic acids is 1. The number of nitrogens with zero attached hydrogens (tertiary/aromatic N) is 1. The van der Waals surface area contributed by atoms with Gasteiger partial charge < -0.3 is 5.73 Å². The third-order valence-electron chi connectivity index (χ3n) is 2.44. The van der Waals surface area contributed by atoms with E-state index in [0.29, 0.717) is 11.3 Å². The Balaban J connectivity index is 2.26. The summed E-state index contributed by atoms with van der Waals surface area (Å²) in [5.41, 5.74) is 8.96. The van der Waals surface area contributed by atoms with Crippen LogP contribution in [0.4, 0.5) is 5.69 Å². The highest BCUT2D eigenvalue weighted by atomic mass is 16.1. The van der Waals surface area contributed by atoms with Crippen LogP contribution in [0.5, 0.6) is 0 Å². The van der Waals surface area contributed by atoms with E-state index >= 15 is 0 Å². The van der Waals surface area contributed by atoms with Crippen LogP contribution in [0.1, 0.15) is 21.5 Å². The van der Waals surface area contributed by atoms with Crippen LogP contribution in [0.25, 0.3) is 0 Å². The molecule has 0 aliphatic heterocycles. The molecule has 0 aliphatic rings. The maximum Gasteiger partial charge on any atom is 0.152 e. The van der Waals surface area contributed by atoms with Gasteiger partial charge in [-0.25, -0.2) is 0 Å². The van der Waals surface area contributed by atoms with E-state index in [-0.39, 0.29) is 0 Å². The number of hydrogen-bond donors (Lipinski definition) is 1. The van der Waals surface area contributed by atoms with Crippen molar-refractivity contribution in [3.8, 4) is 0 Å². The number of rotatable bonds is 3. The van der Waals surface area contributed by atoms with Crippen LogP contribution >= 0.6 is 0 Å². The largest absolute Gasteiger partial charge is 0.398 e. The number of nitrogens with two attached hydrogens (primary N) is 1. The number of aromatic nitrogens is 1. The van der Waals surface area contributed by atoms with Gasteiger partial charge in [-0.1, -0.05) is 6.07 Å². The molecule has 0 saturated heterocycles. The topological polar surface area (TPSA) is 56.0 Å². The lowest BCUT2D eigenvalue weighted by Gasteiger charge is -2.04. The van der Waals surface area contributed by atoms with Gasteiger partial charge in [-0.2, -0.15) is 0 Å². The summed E-state index contributed by atoms with van der Waals surface area (Å²) in [4.78, 5) is 14.7. The van der Waals surface area contributed by atoms with Crippen molar-refractivity contribution < 1.29 is 4.79 Å². The van der Waals surface area contributed by atoms with Crippen molar-refractivity contribution in [1.29, 1.82) is 0 Å². The first kappa shape index (κ1) is 10.4. The number of benzene rings is 1. The monoisotopic (exact) mass is 212 g/mol. The predicted octanol–water partition coefficient (Wildman–Crippen LogP) is 2.07. The Morgan fingerprint density at radius 1 is 1.12 bits per heavy atom. The molecular formula is C13H12N2O. The third kappa shape index (κ3) is 2.25. The van der Waals surface area contributed by atoms with Crippen molar-refractivity contribution in [3.63, 3.8) is 0 Å². The van der Waals surface area contributed by atoms with Crippen LogP contribution in [0.2, 0.25) is 0 Å². The highest BCUT2D eigenvalue weighted by Crippen LogP contribution is 2.15. The van der Waals surface area contributed by atoms with Crippen LogP contribution in [0.15, 0.2) is 42.7 Å². The first-order valence-corrected chi connectivity index (χ1v) is 5.02. The molecule has 3 nitrogen and oxygen atoms in total. The predicted molar refractivity (Wildman–Crippen MR) is 63.3 cm³/mol. The molecule has 0 aliphatic carbocycles. The molecule has 2 aromatic rings.